The molecule has 6 atom stereocenters. The van der Waals surface area contributed by atoms with E-state index in [1.807, 2.05) is 36.1 Å². The van der Waals surface area contributed by atoms with Gasteiger partial charge in [-0.15, -0.1) is 0 Å². The third-order valence-electron chi connectivity index (χ3n) is 12.8. The minimum Gasteiger partial charge on any atom is -0.490 e. The van der Waals surface area contributed by atoms with Crippen molar-refractivity contribution < 1.29 is 23.3 Å². The van der Waals surface area contributed by atoms with Gasteiger partial charge in [-0.05, 0) is 118 Å². The van der Waals surface area contributed by atoms with E-state index in [2.05, 4.69) is 40.5 Å². The van der Waals surface area contributed by atoms with Crippen LogP contribution in [0.15, 0.2) is 36.4 Å². The van der Waals surface area contributed by atoms with Crippen LogP contribution in [0.25, 0.3) is 0 Å². The molecule has 7 rings (SSSR count). The fourth-order valence-corrected chi connectivity index (χ4v) is 10.3. The molecule has 0 radical (unpaired) electrons. The quantitative estimate of drug-likeness (QED) is 0.358. The molecular weight excluding hydrogens is 708 g/mol. The van der Waals surface area contributed by atoms with Crippen molar-refractivity contribution in [2.45, 2.75) is 95.6 Å². The first kappa shape index (κ1) is 40.0. The Balaban J connectivity index is 0.000000290. The van der Waals surface area contributed by atoms with Gasteiger partial charge in [0.05, 0.1) is 30.7 Å². The Hall–Kier alpha value is -2.66. The lowest BCUT2D eigenvalue weighted by molar-refractivity contribution is -0.131. The topological polar surface area (TPSA) is 91.4 Å². The van der Waals surface area contributed by atoms with Gasteiger partial charge in [-0.3, -0.25) is 19.2 Å². The molecule has 3 heterocycles. The van der Waals surface area contributed by atoms with Crippen molar-refractivity contribution in [1.82, 2.24) is 14.5 Å². The number of fused-ring (bicyclic) bond motifs is 4. The Bertz CT molecular complexity index is 1610. The van der Waals surface area contributed by atoms with Crippen LogP contribution in [0.5, 0.6) is 5.75 Å². The summed E-state index contributed by atoms with van der Waals surface area (Å²) in [6.07, 6.45) is 11.6. The number of anilines is 1. The van der Waals surface area contributed by atoms with E-state index in [9.17, 15) is 13.8 Å². The van der Waals surface area contributed by atoms with E-state index in [0.29, 0.717) is 37.2 Å². The van der Waals surface area contributed by atoms with Gasteiger partial charge in [-0.1, -0.05) is 50.8 Å². The zero-order valence-electron chi connectivity index (χ0n) is 32.4. The highest BCUT2D eigenvalue weighted by atomic mass is 35.5. The van der Waals surface area contributed by atoms with Crippen LogP contribution in [-0.4, -0.2) is 97.2 Å². The number of benzene rings is 2. The number of nitrogens with zero attached hydrogens (tertiary/aromatic N) is 3. The summed E-state index contributed by atoms with van der Waals surface area (Å²) in [7, 11) is 0.242. The van der Waals surface area contributed by atoms with Crippen molar-refractivity contribution in [3.63, 3.8) is 0 Å². The fourth-order valence-electron chi connectivity index (χ4n) is 9.05. The number of ether oxygens (including phenoxy) is 2. The van der Waals surface area contributed by atoms with Crippen molar-refractivity contribution in [1.29, 1.82) is 0 Å². The number of carbonyl (C=O) groups is 2. The number of amides is 2. The molecule has 2 bridgehead atoms. The lowest BCUT2D eigenvalue weighted by Gasteiger charge is -2.44. The van der Waals surface area contributed by atoms with Crippen LogP contribution in [-0.2, 0) is 32.4 Å². The highest BCUT2D eigenvalue weighted by Crippen LogP contribution is 2.47. The number of carbonyl (C=O) groups excluding carboxylic acids is 2. The third kappa shape index (κ3) is 9.60. The summed E-state index contributed by atoms with van der Waals surface area (Å²) in [6.45, 7) is 13.5. The summed E-state index contributed by atoms with van der Waals surface area (Å²) in [6, 6.07) is 12.1. The second-order valence-electron chi connectivity index (χ2n) is 16.2. The first-order chi connectivity index (χ1) is 25.6. The number of rotatable bonds is 4. The fraction of sp³-hybridized carbons (Fsp3) is 0.667. The summed E-state index contributed by atoms with van der Waals surface area (Å²) < 4.78 is 27.4. The molecule has 2 fully saturated rings. The zero-order chi connectivity index (χ0) is 37.5. The van der Waals surface area contributed by atoms with E-state index in [4.69, 9.17) is 21.1 Å². The van der Waals surface area contributed by atoms with E-state index in [1.165, 1.54) is 36.8 Å². The molecule has 2 aromatic carbocycles. The predicted octanol–water partition coefficient (Wildman–Crippen LogP) is 7.02. The highest BCUT2D eigenvalue weighted by molar-refractivity contribution is 7.84. The second-order valence-corrected chi connectivity index (χ2v) is 18.2. The van der Waals surface area contributed by atoms with E-state index in [0.717, 1.165) is 100 Å². The summed E-state index contributed by atoms with van der Waals surface area (Å²) in [5.41, 5.74) is 4.11. The molecule has 2 aromatic rings. The van der Waals surface area contributed by atoms with Gasteiger partial charge in [-0.2, -0.15) is 0 Å². The number of methoxy groups -OCH3 is 1. The van der Waals surface area contributed by atoms with Crippen molar-refractivity contribution in [2.24, 2.45) is 17.8 Å². The Kier molecular flexibility index (Phi) is 13.8. The number of halogens is 1. The zero-order valence-corrected chi connectivity index (χ0v) is 34.0. The lowest BCUT2D eigenvalue weighted by atomic mass is 9.68. The maximum atomic E-state index is 13.3. The first-order valence-electron chi connectivity index (χ1n) is 20.1. The minimum atomic E-state index is -1.43. The van der Waals surface area contributed by atoms with Crippen LogP contribution in [0.4, 0.5) is 5.69 Å². The number of aryl methyl sites for hydroxylation is 1. The molecular formula is C42H61ClN4O5S. The molecule has 1 saturated carbocycles. The van der Waals surface area contributed by atoms with Gasteiger partial charge in [0.15, 0.2) is 0 Å². The molecule has 1 spiro atoms. The number of likely N-dealkylation sites (N-methyl/N-ethyl adjacent to an activating group) is 1. The Labute approximate surface area is 325 Å². The summed E-state index contributed by atoms with van der Waals surface area (Å²) in [4.78, 5) is 31.6. The van der Waals surface area contributed by atoms with E-state index in [-0.39, 0.29) is 22.5 Å². The number of hydrogen-bond acceptors (Lipinski definition) is 7. The van der Waals surface area contributed by atoms with E-state index in [1.54, 1.807) is 7.11 Å². The first-order valence-corrected chi connectivity index (χ1v) is 21.7. The van der Waals surface area contributed by atoms with Crippen LogP contribution >= 0.6 is 11.6 Å². The maximum absolute atomic E-state index is 13.3. The average Bonchev–Trinajstić information content (AvgIpc) is 3.42. The van der Waals surface area contributed by atoms with Crippen LogP contribution < -0.4 is 14.4 Å². The minimum absolute atomic E-state index is 0.0845. The standard InChI is InChI=1S/C32H41ClN2O3S.C10H20N2O2/c1-21-6-3-4-7-23-9-10-26(23)18-35-19-32(15-5-8-24-16-27(33)12-13-28(24)32)20-38-30-14-11-25(17-29(30)35)31(36)34-39(37)22(21)2;1-3-11-5-4-6-12(7-8-14-2)10(13)9-11/h11-14,16-17,21-23,26H,3-10,15,18-20H2,1-2H3,(H,34,36);3-9H2,1-2H3/t21?,22?,23?,26?,32-,39?;/m0./s1. The van der Waals surface area contributed by atoms with Crippen LogP contribution in [0.1, 0.15) is 100 Å². The van der Waals surface area contributed by atoms with Gasteiger partial charge >= 0.3 is 0 Å². The van der Waals surface area contributed by atoms with Gasteiger partial charge in [0.1, 0.15) is 16.7 Å². The molecule has 1 N–H and O–H groups in total. The maximum Gasteiger partial charge on any atom is 0.263 e. The molecule has 9 nitrogen and oxygen atoms in total. The molecule has 2 aliphatic carbocycles. The summed E-state index contributed by atoms with van der Waals surface area (Å²) in [5.74, 6) is 2.52. The second kappa shape index (κ2) is 18.3. The Morgan fingerprint density at radius 2 is 1.81 bits per heavy atom. The molecule has 53 heavy (non-hydrogen) atoms. The summed E-state index contributed by atoms with van der Waals surface area (Å²) in [5, 5.41) is 0.710. The molecule has 2 amide bonds. The molecule has 3 aliphatic heterocycles. The average molecular weight is 769 g/mol. The smallest absolute Gasteiger partial charge is 0.263 e. The van der Waals surface area contributed by atoms with Crippen LogP contribution in [0.2, 0.25) is 5.02 Å². The van der Waals surface area contributed by atoms with Gasteiger partial charge < -0.3 is 19.3 Å². The molecule has 1 saturated heterocycles. The number of hydrogen-bond donors (Lipinski definition) is 1. The van der Waals surface area contributed by atoms with Gasteiger partial charge in [0, 0.05) is 55.8 Å². The molecule has 11 heteroatoms. The third-order valence-corrected chi connectivity index (χ3v) is 14.5. The summed E-state index contributed by atoms with van der Waals surface area (Å²) >= 11 is 6.40. The number of nitrogens with one attached hydrogen (secondary N) is 1. The Morgan fingerprint density at radius 1 is 1.00 bits per heavy atom. The van der Waals surface area contributed by atoms with E-state index >= 15 is 0 Å². The highest BCUT2D eigenvalue weighted by Gasteiger charge is 2.43. The SMILES string of the molecule is CC1CCCCC2CCC2CN2C[C@@]3(CCCc4cc(Cl)ccc43)COc3ccc(cc32)C(=O)NS(=O)C1C.CCN1CCCN(CCOC)C(=O)C1. The van der Waals surface area contributed by atoms with Crippen molar-refractivity contribution in [3.05, 3.63) is 58.1 Å². The molecule has 5 unspecified atom stereocenters. The molecule has 5 aliphatic rings. The van der Waals surface area contributed by atoms with Crippen molar-refractivity contribution in [2.75, 3.05) is 71.0 Å². The Morgan fingerprint density at radius 3 is 2.58 bits per heavy atom. The van der Waals surface area contributed by atoms with Gasteiger partial charge in [0.2, 0.25) is 5.91 Å². The van der Waals surface area contributed by atoms with Crippen LogP contribution in [0, 0.1) is 17.8 Å². The molecule has 0 aromatic heterocycles. The predicted molar refractivity (Wildman–Crippen MR) is 214 cm³/mol. The van der Waals surface area contributed by atoms with Gasteiger partial charge in [0.25, 0.3) is 5.91 Å². The van der Waals surface area contributed by atoms with Gasteiger partial charge in [-0.25, -0.2) is 4.21 Å². The monoisotopic (exact) mass is 768 g/mol. The van der Waals surface area contributed by atoms with Crippen LogP contribution in [0.3, 0.4) is 0 Å². The van der Waals surface area contributed by atoms with E-state index < -0.39 is 11.0 Å². The van der Waals surface area contributed by atoms with Crippen molar-refractivity contribution in [3.8, 4) is 5.75 Å². The normalized spacial score (nSPS) is 29.6. The molecule has 292 valence electrons. The largest absolute Gasteiger partial charge is 0.490 e. The van der Waals surface area contributed by atoms with Crippen molar-refractivity contribution >= 4 is 40.1 Å². The lowest BCUT2D eigenvalue weighted by Crippen LogP contribution is -2.48.